The fraction of sp³-hybridized carbons (Fsp3) is 0.190. The van der Waals surface area contributed by atoms with Crippen molar-refractivity contribution in [2.24, 2.45) is 0 Å². The van der Waals surface area contributed by atoms with E-state index in [0.29, 0.717) is 13.2 Å². The van der Waals surface area contributed by atoms with Crippen LogP contribution in [0, 0.1) is 0 Å². The van der Waals surface area contributed by atoms with Crippen LogP contribution in [0.1, 0.15) is 11.1 Å². The molecule has 0 amide bonds. The van der Waals surface area contributed by atoms with Crippen LogP contribution in [0.4, 0.5) is 0 Å². The molecule has 0 radical (unpaired) electrons. The first-order valence-corrected chi connectivity index (χ1v) is 8.49. The molecule has 6 heteroatoms. The fourth-order valence-electron chi connectivity index (χ4n) is 2.80. The largest absolute Gasteiger partial charge is 0.489 e. The van der Waals surface area contributed by atoms with Crippen molar-refractivity contribution in [3.63, 3.8) is 0 Å². The van der Waals surface area contributed by atoms with E-state index in [1.165, 1.54) is 0 Å². The molecule has 142 valence electrons. The molecule has 1 aliphatic heterocycles. The lowest BCUT2D eigenvalue weighted by atomic mass is 10.1. The van der Waals surface area contributed by atoms with Crippen LogP contribution in [0.2, 0.25) is 0 Å². The quantitative estimate of drug-likeness (QED) is 0.686. The highest BCUT2D eigenvalue weighted by molar-refractivity contribution is 5.85. The molecule has 0 spiro atoms. The number of nitrogens with one attached hydrogen (secondary N) is 1. The second-order valence-corrected chi connectivity index (χ2v) is 5.98. The highest BCUT2D eigenvalue weighted by Crippen LogP contribution is 2.26. The third-order valence-electron chi connectivity index (χ3n) is 4.17. The number of ether oxygens (including phenoxy) is 2. The van der Waals surface area contributed by atoms with Crippen molar-refractivity contribution in [2.45, 2.75) is 13.2 Å². The number of hydrogen-bond donors (Lipinski definition) is 1. The molecule has 0 unspecified atom stereocenters. The molecule has 27 heavy (non-hydrogen) atoms. The summed E-state index contributed by atoms with van der Waals surface area (Å²) in [7, 11) is 0. The van der Waals surface area contributed by atoms with Crippen molar-refractivity contribution in [3.8, 4) is 22.9 Å². The van der Waals surface area contributed by atoms with Crippen molar-refractivity contribution >= 4 is 24.8 Å². The Morgan fingerprint density at radius 1 is 0.926 bits per heavy atom. The van der Waals surface area contributed by atoms with Crippen molar-refractivity contribution in [3.05, 3.63) is 77.9 Å². The minimum Gasteiger partial charge on any atom is -0.489 e. The van der Waals surface area contributed by atoms with Gasteiger partial charge < -0.3 is 14.8 Å². The summed E-state index contributed by atoms with van der Waals surface area (Å²) in [6.07, 6.45) is 0. The molecule has 0 atom stereocenters. The molecule has 0 bridgehead atoms. The van der Waals surface area contributed by atoms with Crippen LogP contribution in [0.25, 0.3) is 11.3 Å². The van der Waals surface area contributed by atoms with Gasteiger partial charge in [-0.15, -0.1) is 24.8 Å². The summed E-state index contributed by atoms with van der Waals surface area (Å²) >= 11 is 0. The second kappa shape index (κ2) is 10.2. The number of nitrogens with zero attached hydrogens (tertiary/aromatic N) is 1. The molecule has 0 aliphatic carbocycles. The second-order valence-electron chi connectivity index (χ2n) is 5.98. The Kier molecular flexibility index (Phi) is 7.92. The Balaban J connectivity index is 0.00000131. The highest BCUT2D eigenvalue weighted by atomic mass is 35.5. The van der Waals surface area contributed by atoms with E-state index in [4.69, 9.17) is 9.47 Å². The lowest BCUT2D eigenvalue weighted by molar-refractivity contribution is 0.306. The Bertz CT molecular complexity index is 843. The fourth-order valence-corrected chi connectivity index (χ4v) is 2.80. The first-order chi connectivity index (χ1) is 12.4. The molecule has 4 nitrogen and oxygen atoms in total. The Morgan fingerprint density at radius 2 is 1.70 bits per heavy atom. The van der Waals surface area contributed by atoms with Gasteiger partial charge in [0.2, 0.25) is 5.88 Å². The zero-order valence-electron chi connectivity index (χ0n) is 14.8. The van der Waals surface area contributed by atoms with E-state index >= 15 is 0 Å². The third kappa shape index (κ3) is 5.36. The van der Waals surface area contributed by atoms with E-state index in [1.807, 2.05) is 48.5 Å². The topological polar surface area (TPSA) is 43.4 Å². The van der Waals surface area contributed by atoms with Gasteiger partial charge in [0.25, 0.3) is 0 Å². The molecule has 0 saturated heterocycles. The summed E-state index contributed by atoms with van der Waals surface area (Å²) in [6.45, 7) is 2.86. The van der Waals surface area contributed by atoms with Crippen LogP contribution < -0.4 is 14.8 Å². The summed E-state index contributed by atoms with van der Waals surface area (Å²) in [4.78, 5) is 4.66. The van der Waals surface area contributed by atoms with Crippen LogP contribution in [0.15, 0.2) is 66.7 Å². The summed E-state index contributed by atoms with van der Waals surface area (Å²) in [5.41, 5.74) is 4.22. The molecule has 1 aliphatic rings. The third-order valence-corrected chi connectivity index (χ3v) is 4.17. The highest BCUT2D eigenvalue weighted by Gasteiger charge is 2.11. The Labute approximate surface area is 171 Å². The number of rotatable bonds is 4. The van der Waals surface area contributed by atoms with Crippen LogP contribution >= 0.6 is 24.8 Å². The Morgan fingerprint density at radius 3 is 2.48 bits per heavy atom. The first kappa shape index (κ1) is 21.0. The zero-order valence-corrected chi connectivity index (χ0v) is 16.4. The molecule has 0 fully saturated rings. The van der Waals surface area contributed by atoms with Crippen LogP contribution in [0.5, 0.6) is 11.6 Å². The summed E-state index contributed by atoms with van der Waals surface area (Å²) in [5, 5.41) is 3.32. The summed E-state index contributed by atoms with van der Waals surface area (Å²) in [5.74, 6) is 1.58. The van der Waals surface area contributed by atoms with Crippen molar-refractivity contribution in [2.75, 3.05) is 13.2 Å². The number of hydrogen-bond acceptors (Lipinski definition) is 4. The summed E-state index contributed by atoms with van der Waals surface area (Å²) < 4.78 is 11.6. The molecular formula is C21H22Cl2N2O2. The minimum atomic E-state index is 0. The van der Waals surface area contributed by atoms with E-state index in [9.17, 15) is 0 Å². The maximum Gasteiger partial charge on any atom is 0.218 e. The van der Waals surface area contributed by atoms with Crippen LogP contribution in [-0.2, 0) is 13.2 Å². The SMILES string of the molecule is Cl.Cl.c1ccc(COc2ccc(-c3ccc4c(n3)OCCNC4)cc2)cc1. The zero-order chi connectivity index (χ0) is 16.9. The van der Waals surface area contributed by atoms with Gasteiger partial charge in [-0.3, -0.25) is 0 Å². The standard InChI is InChI=1S/C21H20N2O2.2ClH/c1-2-4-16(5-3-1)15-25-19-9-6-17(7-10-19)20-11-8-18-14-22-12-13-24-21(18)23-20;;/h1-11,22H,12-15H2;2*1H. The van der Waals surface area contributed by atoms with Crippen molar-refractivity contribution in [1.29, 1.82) is 0 Å². The molecule has 2 heterocycles. The molecule has 4 rings (SSSR count). The maximum atomic E-state index is 5.84. The van der Waals surface area contributed by atoms with Gasteiger partial charge in [0.15, 0.2) is 0 Å². The van der Waals surface area contributed by atoms with Crippen LogP contribution in [-0.4, -0.2) is 18.1 Å². The van der Waals surface area contributed by atoms with Gasteiger partial charge in [-0.1, -0.05) is 36.4 Å². The van der Waals surface area contributed by atoms with E-state index in [1.54, 1.807) is 0 Å². The first-order valence-electron chi connectivity index (χ1n) is 8.49. The lowest BCUT2D eigenvalue weighted by Gasteiger charge is -2.09. The van der Waals surface area contributed by atoms with E-state index in [-0.39, 0.29) is 24.8 Å². The van der Waals surface area contributed by atoms with Gasteiger partial charge in [-0.25, -0.2) is 4.98 Å². The molecular weight excluding hydrogens is 383 g/mol. The number of fused-ring (bicyclic) bond motifs is 1. The van der Waals surface area contributed by atoms with Gasteiger partial charge in [-0.05, 0) is 35.9 Å². The maximum absolute atomic E-state index is 5.84. The average Bonchev–Trinajstić information content (AvgIpc) is 2.92. The van der Waals surface area contributed by atoms with E-state index < -0.39 is 0 Å². The molecule has 3 aromatic rings. The van der Waals surface area contributed by atoms with Gasteiger partial charge >= 0.3 is 0 Å². The van der Waals surface area contributed by atoms with Crippen LogP contribution in [0.3, 0.4) is 0 Å². The van der Waals surface area contributed by atoms with Gasteiger partial charge in [0.05, 0.1) is 5.69 Å². The monoisotopic (exact) mass is 404 g/mol. The predicted octanol–water partition coefficient (Wildman–Crippen LogP) is 4.65. The van der Waals surface area contributed by atoms with Crippen molar-refractivity contribution < 1.29 is 9.47 Å². The minimum absolute atomic E-state index is 0. The van der Waals surface area contributed by atoms with Crippen molar-refractivity contribution in [1.82, 2.24) is 10.3 Å². The summed E-state index contributed by atoms with van der Waals surface area (Å²) in [6, 6.07) is 22.3. The van der Waals surface area contributed by atoms with Gasteiger partial charge in [0.1, 0.15) is 19.0 Å². The van der Waals surface area contributed by atoms with E-state index in [0.717, 1.165) is 47.1 Å². The molecule has 1 aromatic heterocycles. The normalized spacial score (nSPS) is 12.4. The predicted molar refractivity (Wildman–Crippen MR) is 112 cm³/mol. The number of benzene rings is 2. The lowest BCUT2D eigenvalue weighted by Crippen LogP contribution is -2.16. The Hall–Kier alpha value is -2.27. The van der Waals surface area contributed by atoms with E-state index in [2.05, 4.69) is 28.5 Å². The average molecular weight is 405 g/mol. The smallest absolute Gasteiger partial charge is 0.218 e. The molecule has 1 N–H and O–H groups in total. The number of halogens is 2. The van der Waals surface area contributed by atoms with Gasteiger partial charge in [-0.2, -0.15) is 0 Å². The number of pyridine rings is 1. The molecule has 0 saturated carbocycles. The van der Waals surface area contributed by atoms with Gasteiger partial charge in [0, 0.05) is 24.2 Å². The number of aromatic nitrogens is 1. The molecule has 2 aromatic carbocycles.